The number of piperidine rings is 1. The number of aryl methyl sites for hydroxylation is 1. The number of anilines is 1. The van der Waals surface area contributed by atoms with Crippen molar-refractivity contribution in [1.29, 1.82) is 0 Å². The summed E-state index contributed by atoms with van der Waals surface area (Å²) in [5, 5.41) is 22.1. The lowest BCUT2D eigenvalue weighted by atomic mass is 10.0. The number of nitrogens with one attached hydrogen (secondary N) is 1. The number of imidazole rings is 1. The molecule has 4 rings (SSSR count). The number of phenolic OH excluding ortho intramolecular Hbond substituents is 1. The molecule has 1 aliphatic heterocycles. The maximum atomic E-state index is 13.0. The lowest BCUT2D eigenvalue weighted by molar-refractivity contribution is -0.137. The van der Waals surface area contributed by atoms with Crippen LogP contribution in [0.2, 0.25) is 0 Å². The Morgan fingerprint density at radius 3 is 2.72 bits per heavy atom. The Morgan fingerprint density at radius 1 is 1.24 bits per heavy atom. The van der Waals surface area contributed by atoms with Crippen LogP contribution in [0, 0.1) is 6.92 Å². The van der Waals surface area contributed by atoms with Crippen LogP contribution in [0.5, 0.6) is 5.75 Å². The first-order valence-electron chi connectivity index (χ1n) is 9.30. The van der Waals surface area contributed by atoms with Crippen LogP contribution in [0.3, 0.4) is 0 Å². The number of hydrogen-bond donors (Lipinski definition) is 2. The molecule has 0 saturated carbocycles. The van der Waals surface area contributed by atoms with Gasteiger partial charge in [-0.3, -0.25) is 4.40 Å². The average Bonchev–Trinajstić information content (AvgIpc) is 3.12. The molecule has 0 bridgehead atoms. The lowest BCUT2D eigenvalue weighted by Gasteiger charge is -2.30. The highest BCUT2D eigenvalue weighted by atomic mass is 19.4. The number of phenols is 1. The van der Waals surface area contributed by atoms with Gasteiger partial charge in [0, 0.05) is 25.0 Å². The van der Waals surface area contributed by atoms with Crippen molar-refractivity contribution in [1.82, 2.24) is 24.5 Å². The van der Waals surface area contributed by atoms with Crippen molar-refractivity contribution >= 4 is 11.5 Å². The first-order chi connectivity index (χ1) is 13.7. The molecule has 1 saturated heterocycles. The third kappa shape index (κ3) is 3.71. The molecule has 0 aliphatic carbocycles. The third-order valence-corrected chi connectivity index (χ3v) is 5.16. The monoisotopic (exact) mass is 406 g/mol. The van der Waals surface area contributed by atoms with Gasteiger partial charge in [0.1, 0.15) is 5.75 Å². The maximum absolute atomic E-state index is 13.0. The Balaban J connectivity index is 1.74. The zero-order valence-electron chi connectivity index (χ0n) is 16.0. The Kier molecular flexibility index (Phi) is 4.81. The van der Waals surface area contributed by atoms with E-state index in [1.165, 1.54) is 6.92 Å². The Hall–Kier alpha value is -2.88. The Bertz CT molecular complexity index is 1030. The van der Waals surface area contributed by atoms with Crippen LogP contribution >= 0.6 is 0 Å². The minimum absolute atomic E-state index is 0.192. The van der Waals surface area contributed by atoms with Crippen LogP contribution in [-0.2, 0) is 6.18 Å². The van der Waals surface area contributed by atoms with E-state index in [9.17, 15) is 18.3 Å². The van der Waals surface area contributed by atoms with Crippen molar-refractivity contribution in [2.75, 3.05) is 25.5 Å². The van der Waals surface area contributed by atoms with Crippen molar-refractivity contribution in [3.05, 3.63) is 35.7 Å². The predicted octanol–water partition coefficient (Wildman–Crippen LogP) is 3.33. The van der Waals surface area contributed by atoms with Crippen LogP contribution in [0.4, 0.5) is 19.0 Å². The van der Waals surface area contributed by atoms with Crippen molar-refractivity contribution < 1.29 is 18.3 Å². The fourth-order valence-corrected chi connectivity index (χ4v) is 3.80. The van der Waals surface area contributed by atoms with Gasteiger partial charge in [0.15, 0.2) is 17.3 Å². The Labute approximate surface area is 165 Å². The largest absolute Gasteiger partial charge is 0.507 e. The van der Waals surface area contributed by atoms with Crippen molar-refractivity contribution in [3.63, 3.8) is 0 Å². The molecule has 1 fully saturated rings. The normalized spacial score (nSPS) is 18.3. The van der Waals surface area contributed by atoms with Gasteiger partial charge in [-0.25, -0.2) is 4.98 Å². The molecule has 1 unspecified atom stereocenters. The minimum atomic E-state index is -4.54. The molecule has 2 N–H and O–H groups in total. The highest BCUT2D eigenvalue weighted by Crippen LogP contribution is 2.38. The summed E-state index contributed by atoms with van der Waals surface area (Å²) < 4.78 is 40.7. The summed E-state index contributed by atoms with van der Waals surface area (Å²) in [6.45, 7) is 3.42. The molecular formula is C19H21F3N6O. The van der Waals surface area contributed by atoms with Gasteiger partial charge in [0.05, 0.1) is 11.1 Å². The predicted molar refractivity (Wildman–Crippen MR) is 102 cm³/mol. The fourth-order valence-electron chi connectivity index (χ4n) is 3.80. The molecule has 1 aromatic carbocycles. The van der Waals surface area contributed by atoms with E-state index in [1.54, 1.807) is 16.8 Å². The second-order valence-corrected chi connectivity index (χ2v) is 7.42. The SMILES string of the molecule is Cc1cc(C(F)(F)F)cc(O)c1-c1nnc(NC2CCCN(C)C2)c2nccn12. The third-order valence-electron chi connectivity index (χ3n) is 5.16. The average molecular weight is 406 g/mol. The number of benzene rings is 1. The van der Waals surface area contributed by atoms with Crippen molar-refractivity contribution in [2.24, 2.45) is 0 Å². The lowest BCUT2D eigenvalue weighted by Crippen LogP contribution is -2.40. The van der Waals surface area contributed by atoms with E-state index < -0.39 is 17.5 Å². The molecule has 1 aliphatic rings. The Morgan fingerprint density at radius 2 is 2.03 bits per heavy atom. The van der Waals surface area contributed by atoms with Gasteiger partial charge >= 0.3 is 6.18 Å². The molecule has 0 spiro atoms. The van der Waals surface area contributed by atoms with E-state index in [2.05, 4.69) is 32.4 Å². The van der Waals surface area contributed by atoms with E-state index in [1.807, 2.05) is 0 Å². The zero-order chi connectivity index (χ0) is 20.8. The summed E-state index contributed by atoms with van der Waals surface area (Å²) in [5.41, 5.74) is 0.0291. The number of nitrogens with zero attached hydrogens (tertiary/aromatic N) is 5. The molecule has 3 heterocycles. The van der Waals surface area contributed by atoms with Crippen LogP contribution in [0.1, 0.15) is 24.0 Å². The van der Waals surface area contributed by atoms with Gasteiger partial charge in [0.25, 0.3) is 0 Å². The number of aromatic nitrogens is 4. The summed E-state index contributed by atoms with van der Waals surface area (Å²) in [6.07, 6.45) is 0.741. The van der Waals surface area contributed by atoms with Crippen molar-refractivity contribution in [3.8, 4) is 17.1 Å². The van der Waals surface area contributed by atoms with Crippen LogP contribution in [-0.4, -0.2) is 55.8 Å². The quantitative estimate of drug-likeness (QED) is 0.695. The number of likely N-dealkylation sites (N-methyl/N-ethyl adjacent to an activating group) is 1. The summed E-state index contributed by atoms with van der Waals surface area (Å²) >= 11 is 0. The van der Waals surface area contributed by atoms with Crippen molar-refractivity contribution in [2.45, 2.75) is 32.0 Å². The standard InChI is InChI=1S/C19H21F3N6O/c1-11-8-12(19(20,21)22)9-14(29)15(11)17-26-25-16(18-23-5-7-28(17)18)24-13-4-3-6-27(2)10-13/h5,7-9,13,29H,3-4,6,10H2,1-2H3,(H,24,25). The molecule has 29 heavy (non-hydrogen) atoms. The first-order valence-corrected chi connectivity index (χ1v) is 9.30. The number of likely N-dealkylation sites (tertiary alicyclic amines) is 1. The van der Waals surface area contributed by atoms with E-state index in [-0.39, 0.29) is 23.0 Å². The summed E-state index contributed by atoms with van der Waals surface area (Å²) in [6, 6.07) is 1.90. The van der Waals surface area contributed by atoms with Crippen LogP contribution < -0.4 is 5.32 Å². The fraction of sp³-hybridized carbons (Fsp3) is 0.421. The van der Waals surface area contributed by atoms with Gasteiger partial charge in [-0.2, -0.15) is 13.2 Å². The minimum Gasteiger partial charge on any atom is -0.507 e. The molecule has 0 radical (unpaired) electrons. The molecule has 3 aromatic rings. The second-order valence-electron chi connectivity index (χ2n) is 7.42. The molecule has 1 atom stereocenters. The van der Waals surface area contributed by atoms with E-state index in [0.717, 1.165) is 32.0 Å². The van der Waals surface area contributed by atoms with Crippen LogP contribution in [0.25, 0.3) is 17.0 Å². The molecule has 10 heteroatoms. The van der Waals surface area contributed by atoms with E-state index in [0.29, 0.717) is 17.5 Å². The first kappa shape index (κ1) is 19.4. The zero-order valence-corrected chi connectivity index (χ0v) is 16.0. The van der Waals surface area contributed by atoms with Gasteiger partial charge in [-0.1, -0.05) is 0 Å². The smallest absolute Gasteiger partial charge is 0.416 e. The van der Waals surface area contributed by atoms with Crippen LogP contribution in [0.15, 0.2) is 24.5 Å². The number of alkyl halides is 3. The summed E-state index contributed by atoms with van der Waals surface area (Å²) in [4.78, 5) is 6.56. The maximum Gasteiger partial charge on any atom is 0.416 e. The highest BCUT2D eigenvalue weighted by Gasteiger charge is 2.32. The number of halogens is 3. The summed E-state index contributed by atoms with van der Waals surface area (Å²) in [5.74, 6) is 0.229. The highest BCUT2D eigenvalue weighted by molar-refractivity contribution is 5.73. The van der Waals surface area contributed by atoms with Gasteiger partial charge in [-0.15, -0.1) is 10.2 Å². The van der Waals surface area contributed by atoms with Gasteiger partial charge < -0.3 is 15.3 Å². The molecule has 7 nitrogen and oxygen atoms in total. The topological polar surface area (TPSA) is 78.6 Å². The molecule has 0 amide bonds. The molecule has 154 valence electrons. The van der Waals surface area contributed by atoms with E-state index in [4.69, 9.17) is 0 Å². The number of rotatable bonds is 3. The number of hydrogen-bond acceptors (Lipinski definition) is 6. The second kappa shape index (κ2) is 7.18. The molecule has 2 aromatic heterocycles. The van der Waals surface area contributed by atoms with Gasteiger partial charge in [-0.05, 0) is 51.1 Å². The number of fused-ring (bicyclic) bond motifs is 1. The summed E-state index contributed by atoms with van der Waals surface area (Å²) in [7, 11) is 2.06. The van der Waals surface area contributed by atoms with Gasteiger partial charge in [0.2, 0.25) is 0 Å². The van der Waals surface area contributed by atoms with E-state index >= 15 is 0 Å². The molecular weight excluding hydrogens is 385 g/mol. The number of aromatic hydroxyl groups is 1.